The maximum Gasteiger partial charge on any atom is 0.352 e. The third-order valence-electron chi connectivity index (χ3n) is 2.69. The van der Waals surface area contributed by atoms with Crippen molar-refractivity contribution < 1.29 is 19.8 Å². The van der Waals surface area contributed by atoms with Crippen LogP contribution in [0.2, 0.25) is 0 Å². The Labute approximate surface area is 102 Å². The molecule has 18 heavy (non-hydrogen) atoms. The van der Waals surface area contributed by atoms with Crippen LogP contribution < -0.4 is 0 Å². The molecular formula is C13H11NO4. The monoisotopic (exact) mass is 245 g/mol. The highest BCUT2D eigenvalue weighted by Gasteiger charge is 2.15. The van der Waals surface area contributed by atoms with Crippen molar-refractivity contribution in [3.05, 3.63) is 41.1 Å². The largest absolute Gasteiger partial charge is 0.478 e. The fourth-order valence-corrected chi connectivity index (χ4v) is 1.88. The summed E-state index contributed by atoms with van der Waals surface area (Å²) in [6.45, 7) is 1.86. The molecule has 92 valence electrons. The van der Waals surface area contributed by atoms with Gasteiger partial charge in [-0.05, 0) is 18.6 Å². The normalized spacial score (nSPS) is 11.2. The van der Waals surface area contributed by atoms with Crippen molar-refractivity contribution in [2.45, 2.75) is 6.92 Å². The van der Waals surface area contributed by atoms with E-state index in [1.807, 2.05) is 13.0 Å². The molecule has 5 nitrogen and oxygen atoms in total. The molecule has 1 aromatic heterocycles. The van der Waals surface area contributed by atoms with Gasteiger partial charge in [-0.2, -0.15) is 0 Å². The van der Waals surface area contributed by atoms with E-state index in [1.165, 1.54) is 6.08 Å². The fraction of sp³-hybridized carbons (Fsp3) is 0.0769. The van der Waals surface area contributed by atoms with Gasteiger partial charge in [-0.3, -0.25) is 0 Å². The Hall–Kier alpha value is -2.56. The zero-order valence-corrected chi connectivity index (χ0v) is 9.60. The Bertz CT molecular complexity index is 667. The van der Waals surface area contributed by atoms with E-state index in [1.54, 1.807) is 12.1 Å². The van der Waals surface area contributed by atoms with Crippen LogP contribution in [0.4, 0.5) is 0 Å². The molecule has 5 heteroatoms. The molecule has 0 bridgehead atoms. The maximum absolute atomic E-state index is 11.1. The number of hydrogen-bond donors (Lipinski definition) is 3. The zero-order valence-electron chi connectivity index (χ0n) is 9.60. The van der Waals surface area contributed by atoms with Gasteiger partial charge in [0.1, 0.15) is 5.69 Å². The number of benzene rings is 1. The number of hydrogen-bond acceptors (Lipinski definition) is 2. The van der Waals surface area contributed by atoms with E-state index < -0.39 is 11.9 Å². The standard InChI is InChI=1S/C13H11NO4/c1-7-3-2-4-8-9(5-6-10(15)16)12(13(17)18)14-11(7)8/h2-6,14H,1H3,(H,15,16)(H,17,18)/b6-5-. The molecule has 2 aromatic rings. The number of aromatic amines is 1. The van der Waals surface area contributed by atoms with Crippen LogP contribution in [0.25, 0.3) is 17.0 Å². The number of aromatic carboxylic acids is 1. The number of carboxylic acid groups (broad SMARTS) is 2. The van der Waals surface area contributed by atoms with Crippen molar-refractivity contribution in [2.24, 2.45) is 0 Å². The highest BCUT2D eigenvalue weighted by atomic mass is 16.4. The summed E-state index contributed by atoms with van der Waals surface area (Å²) < 4.78 is 0. The predicted molar refractivity (Wildman–Crippen MR) is 66.7 cm³/mol. The first-order valence-electron chi connectivity index (χ1n) is 5.26. The summed E-state index contributed by atoms with van der Waals surface area (Å²) in [6.07, 6.45) is 2.22. The van der Waals surface area contributed by atoms with Crippen LogP contribution in [-0.2, 0) is 4.79 Å². The number of aryl methyl sites for hydroxylation is 1. The lowest BCUT2D eigenvalue weighted by Gasteiger charge is -1.95. The quantitative estimate of drug-likeness (QED) is 0.723. The van der Waals surface area contributed by atoms with E-state index in [0.717, 1.165) is 11.6 Å². The van der Waals surface area contributed by atoms with Crippen LogP contribution >= 0.6 is 0 Å². The molecule has 0 aliphatic heterocycles. The van der Waals surface area contributed by atoms with Crippen LogP contribution in [0, 0.1) is 6.92 Å². The Morgan fingerprint density at radius 3 is 2.61 bits per heavy atom. The first-order valence-corrected chi connectivity index (χ1v) is 5.26. The zero-order chi connectivity index (χ0) is 13.3. The summed E-state index contributed by atoms with van der Waals surface area (Å²) >= 11 is 0. The first-order chi connectivity index (χ1) is 8.50. The second kappa shape index (κ2) is 4.37. The average molecular weight is 245 g/mol. The lowest BCUT2D eigenvalue weighted by Crippen LogP contribution is -1.98. The molecule has 1 aromatic carbocycles. The van der Waals surface area contributed by atoms with Crippen LogP contribution in [0.15, 0.2) is 24.3 Å². The Morgan fingerprint density at radius 1 is 1.28 bits per heavy atom. The van der Waals surface area contributed by atoms with Gasteiger partial charge in [0.25, 0.3) is 0 Å². The summed E-state index contributed by atoms with van der Waals surface area (Å²) in [5.41, 5.74) is 1.99. The molecule has 0 amide bonds. The molecule has 0 unspecified atom stereocenters. The minimum absolute atomic E-state index is 0.00296. The Kier molecular flexibility index (Phi) is 2.89. The third-order valence-corrected chi connectivity index (χ3v) is 2.69. The lowest BCUT2D eigenvalue weighted by atomic mass is 10.1. The number of carboxylic acids is 2. The van der Waals surface area contributed by atoms with E-state index >= 15 is 0 Å². The van der Waals surface area contributed by atoms with Crippen molar-refractivity contribution in [1.82, 2.24) is 4.98 Å². The second-order valence-electron chi connectivity index (χ2n) is 3.89. The maximum atomic E-state index is 11.1. The number of rotatable bonds is 3. The Balaban J connectivity index is 2.75. The van der Waals surface area contributed by atoms with Crippen molar-refractivity contribution >= 4 is 28.9 Å². The van der Waals surface area contributed by atoms with E-state index in [9.17, 15) is 9.59 Å². The molecule has 2 rings (SSSR count). The predicted octanol–water partition coefficient (Wildman–Crippen LogP) is 2.27. The van der Waals surface area contributed by atoms with Crippen LogP contribution in [0.5, 0.6) is 0 Å². The van der Waals surface area contributed by atoms with Crippen molar-refractivity contribution in [2.75, 3.05) is 0 Å². The summed E-state index contributed by atoms with van der Waals surface area (Å²) in [5.74, 6) is -2.23. The molecule has 0 radical (unpaired) electrons. The molecule has 0 atom stereocenters. The number of carbonyl (C=O) groups is 2. The molecule has 0 aliphatic rings. The van der Waals surface area contributed by atoms with Gasteiger partial charge in [0, 0.05) is 22.5 Å². The summed E-state index contributed by atoms with van der Waals surface area (Å²) in [6, 6.07) is 5.41. The summed E-state index contributed by atoms with van der Waals surface area (Å²) in [5, 5.41) is 18.4. The van der Waals surface area contributed by atoms with Crippen molar-refractivity contribution in [3.8, 4) is 0 Å². The number of para-hydroxylation sites is 1. The highest BCUT2D eigenvalue weighted by molar-refractivity contribution is 6.04. The molecular weight excluding hydrogens is 234 g/mol. The van der Waals surface area contributed by atoms with Gasteiger partial charge in [-0.1, -0.05) is 18.2 Å². The minimum Gasteiger partial charge on any atom is -0.478 e. The van der Waals surface area contributed by atoms with E-state index in [0.29, 0.717) is 16.5 Å². The average Bonchev–Trinajstić information content (AvgIpc) is 2.66. The van der Waals surface area contributed by atoms with Gasteiger partial charge >= 0.3 is 11.9 Å². The number of aliphatic carboxylic acids is 1. The van der Waals surface area contributed by atoms with Gasteiger partial charge in [0.15, 0.2) is 0 Å². The molecule has 3 N–H and O–H groups in total. The summed E-state index contributed by atoms with van der Waals surface area (Å²) in [7, 11) is 0. The number of aromatic nitrogens is 1. The van der Waals surface area contributed by atoms with Crippen molar-refractivity contribution in [1.29, 1.82) is 0 Å². The highest BCUT2D eigenvalue weighted by Crippen LogP contribution is 2.26. The van der Waals surface area contributed by atoms with Crippen LogP contribution in [-0.4, -0.2) is 27.1 Å². The molecule has 0 saturated heterocycles. The van der Waals surface area contributed by atoms with E-state index in [-0.39, 0.29) is 5.69 Å². The lowest BCUT2D eigenvalue weighted by molar-refractivity contribution is -0.131. The Morgan fingerprint density at radius 2 is 2.00 bits per heavy atom. The molecule has 0 spiro atoms. The number of nitrogens with one attached hydrogen (secondary N) is 1. The second-order valence-corrected chi connectivity index (χ2v) is 3.89. The SMILES string of the molecule is Cc1cccc2c(/C=C\C(=O)O)c(C(=O)O)[nH]c12. The summed E-state index contributed by atoms with van der Waals surface area (Å²) in [4.78, 5) is 24.5. The molecule has 0 aliphatic carbocycles. The topological polar surface area (TPSA) is 90.4 Å². The number of H-pyrrole nitrogens is 1. The van der Waals surface area contributed by atoms with E-state index in [2.05, 4.69) is 4.98 Å². The fourth-order valence-electron chi connectivity index (χ4n) is 1.88. The minimum atomic E-state index is -1.12. The number of fused-ring (bicyclic) bond motifs is 1. The smallest absolute Gasteiger partial charge is 0.352 e. The van der Waals surface area contributed by atoms with Crippen LogP contribution in [0.1, 0.15) is 21.6 Å². The van der Waals surface area contributed by atoms with Crippen LogP contribution in [0.3, 0.4) is 0 Å². The van der Waals surface area contributed by atoms with Gasteiger partial charge in [-0.15, -0.1) is 0 Å². The first kappa shape index (κ1) is 11.9. The van der Waals surface area contributed by atoms with Gasteiger partial charge in [0.2, 0.25) is 0 Å². The van der Waals surface area contributed by atoms with Gasteiger partial charge in [-0.25, -0.2) is 9.59 Å². The van der Waals surface area contributed by atoms with Gasteiger partial charge < -0.3 is 15.2 Å². The molecule has 0 saturated carbocycles. The van der Waals surface area contributed by atoms with E-state index in [4.69, 9.17) is 10.2 Å². The van der Waals surface area contributed by atoms with Gasteiger partial charge in [0.05, 0.1) is 0 Å². The molecule has 0 fully saturated rings. The molecule has 1 heterocycles. The van der Waals surface area contributed by atoms with Crippen molar-refractivity contribution in [3.63, 3.8) is 0 Å². The third kappa shape index (κ3) is 1.98.